The van der Waals surface area contributed by atoms with Gasteiger partial charge in [-0.2, -0.15) is 11.3 Å². The molecule has 26 heavy (non-hydrogen) atoms. The zero-order valence-electron chi connectivity index (χ0n) is 14.9. The van der Waals surface area contributed by atoms with E-state index < -0.39 is 0 Å². The molecule has 1 aromatic carbocycles. The minimum Gasteiger partial charge on any atom is -0.340 e. The summed E-state index contributed by atoms with van der Waals surface area (Å²) >= 11 is 3.50. The zero-order chi connectivity index (χ0) is 17.9. The van der Waals surface area contributed by atoms with Crippen LogP contribution in [0, 0.1) is 0 Å². The van der Waals surface area contributed by atoms with Crippen molar-refractivity contribution in [3.8, 4) is 0 Å². The van der Waals surface area contributed by atoms with Gasteiger partial charge in [0.1, 0.15) is 0 Å². The number of carbonyl (C=O) groups is 1. The molecule has 0 atom stereocenters. The van der Waals surface area contributed by atoms with Gasteiger partial charge in [0.05, 0.1) is 21.8 Å². The molecule has 4 rings (SSSR count). The van der Waals surface area contributed by atoms with Crippen LogP contribution in [0.3, 0.4) is 0 Å². The lowest BCUT2D eigenvalue weighted by Crippen LogP contribution is -2.41. The number of benzene rings is 1. The Balaban J connectivity index is 1.29. The summed E-state index contributed by atoms with van der Waals surface area (Å²) in [4.78, 5) is 21.4. The van der Waals surface area contributed by atoms with E-state index in [9.17, 15) is 4.79 Å². The first kappa shape index (κ1) is 17.6. The third-order valence-electron chi connectivity index (χ3n) is 5.03. The van der Waals surface area contributed by atoms with Gasteiger partial charge in [0.2, 0.25) is 5.91 Å². The molecule has 0 spiro atoms. The second-order valence-electron chi connectivity index (χ2n) is 6.95. The molecule has 1 saturated heterocycles. The van der Waals surface area contributed by atoms with Crippen LogP contribution in [-0.4, -0.2) is 47.4 Å². The van der Waals surface area contributed by atoms with Gasteiger partial charge in [0, 0.05) is 19.5 Å². The fraction of sp³-hybridized carbons (Fsp3) is 0.400. The van der Waals surface area contributed by atoms with Crippen LogP contribution < -0.4 is 0 Å². The second-order valence-corrected chi connectivity index (χ2v) is 8.79. The maximum absolute atomic E-state index is 12.5. The van der Waals surface area contributed by atoms with Gasteiger partial charge < -0.3 is 4.90 Å². The third kappa shape index (κ3) is 3.98. The molecule has 1 aliphatic heterocycles. The standard InChI is InChI=1S/C20H23N3OS2/c1-22(12-15-8-11-25-14-15)19(24)13-23-9-6-16(7-10-23)20-21-17-4-2-3-5-18(17)26-20/h2-5,8,11,14,16H,6-7,9-10,12-13H2,1H3. The largest absolute Gasteiger partial charge is 0.340 e. The van der Waals surface area contributed by atoms with Crippen LogP contribution in [0.4, 0.5) is 0 Å². The first-order chi connectivity index (χ1) is 12.7. The number of thiazole rings is 1. The Bertz CT molecular complexity index is 833. The maximum Gasteiger partial charge on any atom is 0.236 e. The number of rotatable bonds is 5. The van der Waals surface area contributed by atoms with Crippen molar-refractivity contribution >= 4 is 38.8 Å². The first-order valence-corrected chi connectivity index (χ1v) is 10.8. The van der Waals surface area contributed by atoms with Crippen LogP contribution in [0.5, 0.6) is 0 Å². The van der Waals surface area contributed by atoms with Crippen LogP contribution in [0.2, 0.25) is 0 Å². The van der Waals surface area contributed by atoms with E-state index in [0.717, 1.165) is 31.4 Å². The van der Waals surface area contributed by atoms with Gasteiger partial charge in [0.15, 0.2) is 0 Å². The molecule has 2 aromatic heterocycles. The molecule has 1 amide bonds. The van der Waals surface area contributed by atoms with Gasteiger partial charge in [-0.05, 0) is 60.5 Å². The number of hydrogen-bond acceptors (Lipinski definition) is 5. The van der Waals surface area contributed by atoms with E-state index in [1.165, 1.54) is 15.3 Å². The number of carbonyl (C=O) groups excluding carboxylic acids is 1. The van der Waals surface area contributed by atoms with Gasteiger partial charge in [-0.1, -0.05) is 12.1 Å². The molecule has 0 aliphatic carbocycles. The number of likely N-dealkylation sites (tertiary alicyclic amines) is 1. The van der Waals surface area contributed by atoms with Gasteiger partial charge in [-0.15, -0.1) is 11.3 Å². The van der Waals surface area contributed by atoms with E-state index >= 15 is 0 Å². The Labute approximate surface area is 162 Å². The summed E-state index contributed by atoms with van der Waals surface area (Å²) in [6.07, 6.45) is 2.17. The highest BCUT2D eigenvalue weighted by atomic mass is 32.1. The quantitative estimate of drug-likeness (QED) is 0.661. The van der Waals surface area contributed by atoms with Crippen LogP contribution in [0.25, 0.3) is 10.2 Å². The monoisotopic (exact) mass is 385 g/mol. The normalized spacial score (nSPS) is 16.2. The molecule has 0 saturated carbocycles. The van der Waals surface area contributed by atoms with E-state index in [-0.39, 0.29) is 5.91 Å². The van der Waals surface area contributed by atoms with Gasteiger partial charge >= 0.3 is 0 Å². The average molecular weight is 386 g/mol. The summed E-state index contributed by atoms with van der Waals surface area (Å²) in [6, 6.07) is 10.4. The number of amides is 1. The van der Waals surface area contributed by atoms with Crippen molar-refractivity contribution in [1.29, 1.82) is 0 Å². The van der Waals surface area contributed by atoms with E-state index in [0.29, 0.717) is 19.0 Å². The summed E-state index contributed by atoms with van der Waals surface area (Å²) in [6.45, 7) is 3.16. The fourth-order valence-corrected chi connectivity index (χ4v) is 5.26. The molecule has 3 aromatic rings. The molecule has 0 bridgehead atoms. The van der Waals surface area contributed by atoms with Gasteiger partial charge in [0.25, 0.3) is 0 Å². The van der Waals surface area contributed by atoms with Crippen LogP contribution >= 0.6 is 22.7 Å². The highest BCUT2D eigenvalue weighted by molar-refractivity contribution is 7.18. The topological polar surface area (TPSA) is 36.4 Å². The third-order valence-corrected chi connectivity index (χ3v) is 6.96. The molecular formula is C20H23N3OS2. The summed E-state index contributed by atoms with van der Waals surface area (Å²) in [5, 5.41) is 5.42. The highest BCUT2D eigenvalue weighted by Gasteiger charge is 2.25. The highest BCUT2D eigenvalue weighted by Crippen LogP contribution is 2.33. The number of thiophene rings is 1. The number of piperidine rings is 1. The van der Waals surface area contributed by atoms with Crippen LogP contribution in [0.15, 0.2) is 41.1 Å². The average Bonchev–Trinajstić information content (AvgIpc) is 3.31. The van der Waals surface area contributed by atoms with Crippen molar-refractivity contribution in [2.45, 2.75) is 25.3 Å². The summed E-state index contributed by atoms with van der Waals surface area (Å²) in [5.74, 6) is 0.733. The van der Waals surface area contributed by atoms with Crippen molar-refractivity contribution in [2.24, 2.45) is 0 Å². The molecule has 136 valence electrons. The van der Waals surface area contributed by atoms with Gasteiger partial charge in [-0.25, -0.2) is 4.98 Å². The SMILES string of the molecule is CN(Cc1ccsc1)C(=O)CN1CCC(c2nc3ccccc3s2)CC1. The number of likely N-dealkylation sites (N-methyl/N-ethyl adjacent to an activating group) is 1. The lowest BCUT2D eigenvalue weighted by molar-refractivity contribution is -0.131. The second kappa shape index (κ2) is 7.86. The molecule has 0 N–H and O–H groups in total. The maximum atomic E-state index is 12.5. The van der Waals surface area contributed by atoms with Crippen molar-refractivity contribution < 1.29 is 4.79 Å². The summed E-state index contributed by atoms with van der Waals surface area (Å²) in [7, 11) is 1.90. The van der Waals surface area contributed by atoms with Crippen molar-refractivity contribution in [3.63, 3.8) is 0 Å². The Kier molecular flexibility index (Phi) is 5.33. The molecule has 1 fully saturated rings. The van der Waals surface area contributed by atoms with Crippen LogP contribution in [-0.2, 0) is 11.3 Å². The molecule has 1 aliphatic rings. The fourth-order valence-electron chi connectivity index (χ4n) is 3.46. The number of nitrogens with zero attached hydrogens (tertiary/aromatic N) is 3. The molecule has 4 nitrogen and oxygen atoms in total. The number of fused-ring (bicyclic) bond motifs is 1. The minimum atomic E-state index is 0.203. The minimum absolute atomic E-state index is 0.203. The Morgan fingerprint density at radius 3 is 2.81 bits per heavy atom. The predicted molar refractivity (Wildman–Crippen MR) is 109 cm³/mol. The van der Waals surface area contributed by atoms with E-state index in [1.807, 2.05) is 29.4 Å². The predicted octanol–water partition coefficient (Wildman–Crippen LogP) is 4.20. The molecule has 0 radical (unpaired) electrons. The Morgan fingerprint density at radius 2 is 2.08 bits per heavy atom. The number of aromatic nitrogens is 1. The van der Waals surface area contributed by atoms with E-state index in [1.54, 1.807) is 11.3 Å². The number of hydrogen-bond donors (Lipinski definition) is 0. The molecule has 0 unspecified atom stereocenters. The van der Waals surface area contributed by atoms with Crippen molar-refractivity contribution in [2.75, 3.05) is 26.7 Å². The van der Waals surface area contributed by atoms with Crippen molar-refractivity contribution in [1.82, 2.24) is 14.8 Å². The van der Waals surface area contributed by atoms with Gasteiger partial charge in [-0.3, -0.25) is 9.69 Å². The smallest absolute Gasteiger partial charge is 0.236 e. The van der Waals surface area contributed by atoms with E-state index in [2.05, 4.69) is 39.9 Å². The summed E-state index contributed by atoms with van der Waals surface area (Å²) < 4.78 is 1.27. The van der Waals surface area contributed by atoms with Crippen molar-refractivity contribution in [3.05, 3.63) is 51.7 Å². The lowest BCUT2D eigenvalue weighted by Gasteiger charge is -2.31. The zero-order valence-corrected chi connectivity index (χ0v) is 16.6. The first-order valence-electron chi connectivity index (χ1n) is 9.02. The van der Waals surface area contributed by atoms with Crippen LogP contribution in [0.1, 0.15) is 29.3 Å². The lowest BCUT2D eigenvalue weighted by atomic mass is 9.97. The molecule has 6 heteroatoms. The van der Waals surface area contributed by atoms with E-state index in [4.69, 9.17) is 4.98 Å². The Hall–Kier alpha value is -1.76. The number of para-hydroxylation sites is 1. The summed E-state index contributed by atoms with van der Waals surface area (Å²) in [5.41, 5.74) is 2.32. The molecule has 3 heterocycles. The Morgan fingerprint density at radius 1 is 1.27 bits per heavy atom. The molecular weight excluding hydrogens is 362 g/mol.